The second-order valence-corrected chi connectivity index (χ2v) is 9.71. The summed E-state index contributed by atoms with van der Waals surface area (Å²) in [5, 5.41) is 21.0. The van der Waals surface area contributed by atoms with Crippen LogP contribution in [0.5, 0.6) is 0 Å². The smallest absolute Gasteiger partial charge is 0.731 e. The Bertz CT molecular complexity index is 1240. The van der Waals surface area contributed by atoms with Gasteiger partial charge in [-0.2, -0.15) is 0 Å². The van der Waals surface area contributed by atoms with E-state index in [0.29, 0.717) is 5.16 Å². The third-order valence-corrected chi connectivity index (χ3v) is 7.22. The normalized spacial score (nSPS) is 17.9. The van der Waals surface area contributed by atoms with Gasteiger partial charge in [-0.1, -0.05) is 16.9 Å². The van der Waals surface area contributed by atoms with Crippen LogP contribution in [0, 0.1) is 0 Å². The van der Waals surface area contributed by atoms with Crippen molar-refractivity contribution in [2.75, 3.05) is 24.1 Å². The van der Waals surface area contributed by atoms with Gasteiger partial charge in [0.25, 0.3) is 11.8 Å². The van der Waals surface area contributed by atoms with E-state index in [1.165, 1.54) is 17.2 Å². The van der Waals surface area contributed by atoms with E-state index < -0.39 is 40.1 Å². The molecule has 2 atom stereocenters. The average Bonchev–Trinajstić information content (AvgIpc) is 3.40. The number of halogens is 1. The van der Waals surface area contributed by atoms with Crippen molar-refractivity contribution in [3.63, 3.8) is 0 Å². The first-order chi connectivity index (χ1) is 16.1. The first-order valence-electron chi connectivity index (χ1n) is 8.94. The van der Waals surface area contributed by atoms with Crippen molar-refractivity contribution >= 4 is 73.6 Å². The van der Waals surface area contributed by atoms with Crippen molar-refractivity contribution in [3.8, 4) is 0 Å². The molecule has 0 radical (unpaired) electrons. The van der Waals surface area contributed by atoms with E-state index in [1.807, 2.05) is 0 Å². The van der Waals surface area contributed by atoms with Crippen LogP contribution in [-0.2, 0) is 36.6 Å². The molecule has 1 fully saturated rings. The van der Waals surface area contributed by atoms with Crippen LogP contribution in [0.1, 0.15) is 5.69 Å². The Morgan fingerprint density at radius 2 is 2.14 bits per heavy atom. The summed E-state index contributed by atoms with van der Waals surface area (Å²) in [5.74, 6) is -2.99. The van der Waals surface area contributed by atoms with Gasteiger partial charge in [0.05, 0.1) is 6.04 Å². The zero-order valence-corrected chi connectivity index (χ0v) is 23.4. The molecule has 1 saturated heterocycles. The Balaban J connectivity index is 0.00000432. The van der Waals surface area contributed by atoms with Crippen molar-refractivity contribution in [2.24, 2.45) is 12.2 Å². The van der Waals surface area contributed by atoms with E-state index in [9.17, 15) is 27.4 Å². The van der Waals surface area contributed by atoms with Crippen molar-refractivity contribution in [2.45, 2.75) is 17.2 Å². The van der Waals surface area contributed by atoms with Crippen LogP contribution in [0.25, 0.3) is 0 Å². The molecule has 2 aromatic rings. The van der Waals surface area contributed by atoms with Crippen LogP contribution in [0.2, 0.25) is 0 Å². The molecule has 0 spiro atoms. The minimum absolute atomic E-state index is 0. The number of aromatic nitrogens is 5. The van der Waals surface area contributed by atoms with Gasteiger partial charge in [-0.3, -0.25) is 14.4 Å². The van der Waals surface area contributed by atoms with E-state index >= 15 is 0 Å². The molecule has 184 valence electrons. The minimum Gasteiger partial charge on any atom is -0.731 e. The van der Waals surface area contributed by atoms with Gasteiger partial charge >= 0.3 is 29.6 Å². The number of hydrogen-bond donors (Lipinski definition) is 2. The first-order valence-corrected chi connectivity index (χ1v) is 12.7. The third-order valence-electron chi connectivity index (χ3n) is 4.17. The van der Waals surface area contributed by atoms with Crippen LogP contribution in [-0.4, -0.2) is 96.7 Å². The number of alkyl halides is 1. The van der Waals surface area contributed by atoms with E-state index in [0.717, 1.165) is 23.1 Å². The molecule has 3 rings (SSSR count). The third kappa shape index (κ3) is 6.88. The van der Waals surface area contributed by atoms with Gasteiger partial charge in [0, 0.05) is 18.2 Å². The van der Waals surface area contributed by atoms with Crippen molar-refractivity contribution in [1.29, 1.82) is 0 Å². The quantitative estimate of drug-likeness (QED) is 0.0519. The number of nitrogens with zero attached hydrogens (tertiary/aromatic N) is 7. The number of hydrogen-bond acceptors (Lipinski definition) is 14. The Labute approximate surface area is 233 Å². The van der Waals surface area contributed by atoms with Gasteiger partial charge in [0.2, 0.25) is 11.1 Å². The monoisotopic (exact) mass is 575 g/mol. The summed E-state index contributed by atoms with van der Waals surface area (Å²) in [6.07, 6.45) is 0. The van der Waals surface area contributed by atoms with Gasteiger partial charge in [-0.05, 0) is 10.4 Å². The van der Waals surface area contributed by atoms with Crippen molar-refractivity contribution in [3.05, 3.63) is 11.1 Å². The fourth-order valence-electron chi connectivity index (χ4n) is 2.72. The minimum atomic E-state index is -5.13. The molecule has 3 heterocycles. The van der Waals surface area contributed by atoms with Gasteiger partial charge in [0.1, 0.15) is 24.7 Å². The molecular formula is C14H15ClN9NaO7S3. The van der Waals surface area contributed by atoms with Gasteiger partial charge in [0.15, 0.2) is 21.1 Å². The standard InChI is InChI=1S/C14H16ClN9O7S3.Na/c1-23-14(19-21-22-23)33-5-7-10(12(27)24(7)34(28,29)30)18-11(26)9(20-31-2)6-4-32-13(16-6)17-8(25)3-15;/h4,7,10H,3,5H2,1-2H3,(H,18,26)(H,16,17,25)(H,28,29,30);/q;+1/p-1/b20-9-;/t7-,10+;/m0./s1. The summed E-state index contributed by atoms with van der Waals surface area (Å²) < 4.78 is 36.1. The Hall–Kier alpha value is -1.87. The van der Waals surface area contributed by atoms with E-state index in [-0.39, 0.29) is 62.0 Å². The number of rotatable bonds is 10. The number of nitrogens with one attached hydrogen (secondary N) is 2. The molecular weight excluding hydrogens is 561 g/mol. The second-order valence-electron chi connectivity index (χ2n) is 6.35. The van der Waals surface area contributed by atoms with Crippen LogP contribution in [0.4, 0.5) is 5.13 Å². The maximum absolute atomic E-state index is 12.9. The molecule has 1 aliphatic heterocycles. The Morgan fingerprint density at radius 3 is 2.71 bits per heavy atom. The second kappa shape index (κ2) is 12.4. The number of tetrazole rings is 1. The number of oxime groups is 1. The van der Waals surface area contributed by atoms with Crippen LogP contribution >= 0.6 is 34.7 Å². The molecule has 2 aromatic heterocycles. The molecule has 0 aliphatic carbocycles. The van der Waals surface area contributed by atoms with Crippen molar-refractivity contribution in [1.82, 2.24) is 34.8 Å². The molecule has 21 heteroatoms. The average molecular weight is 576 g/mol. The summed E-state index contributed by atoms with van der Waals surface area (Å²) in [7, 11) is -2.42. The number of aryl methyl sites for hydroxylation is 1. The predicted molar refractivity (Wildman–Crippen MR) is 117 cm³/mol. The topological polar surface area (TPSA) is 214 Å². The summed E-state index contributed by atoms with van der Waals surface area (Å²) in [5.41, 5.74) is -0.351. The van der Waals surface area contributed by atoms with Gasteiger partial charge in [-0.25, -0.2) is 22.4 Å². The maximum atomic E-state index is 12.9. The number of carbonyl (C=O) groups excluding carboxylic acids is 3. The SMILES string of the molecule is CO/N=C(\C(=O)N[C@H]1C(=O)N(S(=O)(=O)[O-])[C@H]1CSc1nnnn1C)c1csc(NC(=O)CCl)n1.[Na+]. The zero-order chi connectivity index (χ0) is 25.0. The van der Waals surface area contributed by atoms with Gasteiger partial charge < -0.3 is 20.0 Å². The maximum Gasteiger partial charge on any atom is 1.00 e. The molecule has 0 aromatic carbocycles. The molecule has 0 bridgehead atoms. The summed E-state index contributed by atoms with van der Waals surface area (Å²) >= 11 is 7.39. The fourth-order valence-corrected chi connectivity index (χ4v) is 5.43. The Morgan fingerprint density at radius 1 is 1.43 bits per heavy atom. The summed E-state index contributed by atoms with van der Waals surface area (Å²) in [6.45, 7) is 0. The van der Waals surface area contributed by atoms with E-state index in [4.69, 9.17) is 11.6 Å². The molecule has 0 unspecified atom stereocenters. The van der Waals surface area contributed by atoms with E-state index in [2.05, 4.69) is 41.1 Å². The number of thioether (sulfide) groups is 1. The van der Waals surface area contributed by atoms with Crippen molar-refractivity contribution < 1.29 is 61.7 Å². The zero-order valence-electron chi connectivity index (χ0n) is 18.2. The number of thiazole rings is 1. The van der Waals surface area contributed by atoms with Crippen LogP contribution in [0.15, 0.2) is 15.7 Å². The molecule has 2 N–H and O–H groups in total. The molecule has 16 nitrogen and oxygen atoms in total. The number of β-lactam (4-membered cyclic amide) rings is 1. The molecule has 1 aliphatic rings. The number of anilines is 1. The van der Waals surface area contributed by atoms with Crippen LogP contribution in [0.3, 0.4) is 0 Å². The predicted octanol–water partition coefficient (Wildman–Crippen LogP) is -4.85. The molecule has 0 saturated carbocycles. The van der Waals surface area contributed by atoms with Crippen LogP contribution < -0.4 is 40.2 Å². The summed E-state index contributed by atoms with van der Waals surface area (Å²) in [4.78, 5) is 45.4. The number of carbonyl (C=O) groups is 3. The Kier molecular flexibility index (Phi) is 10.4. The molecule has 3 amide bonds. The first kappa shape index (κ1) is 29.4. The van der Waals surface area contributed by atoms with Gasteiger partial charge in [-0.15, -0.1) is 28.0 Å². The fraction of sp³-hybridized carbons (Fsp3) is 0.429. The largest absolute Gasteiger partial charge is 1.00 e. The van der Waals surface area contributed by atoms with E-state index in [1.54, 1.807) is 7.05 Å². The summed E-state index contributed by atoms with van der Waals surface area (Å²) in [6, 6.07) is -2.57. The molecule has 35 heavy (non-hydrogen) atoms. The number of amides is 3.